The van der Waals surface area contributed by atoms with Gasteiger partial charge < -0.3 is 5.73 Å². The SMILES string of the molecule is CCS(=O)(=O)CCC1CC(C)(C)CCC1CN. The van der Waals surface area contributed by atoms with Crippen molar-refractivity contribution in [3.8, 4) is 0 Å². The molecule has 17 heavy (non-hydrogen) atoms. The van der Waals surface area contributed by atoms with Crippen molar-refractivity contribution < 1.29 is 8.42 Å². The van der Waals surface area contributed by atoms with E-state index in [2.05, 4.69) is 13.8 Å². The number of nitrogens with two attached hydrogens (primary N) is 1. The minimum absolute atomic E-state index is 0.260. The average molecular weight is 261 g/mol. The first-order valence-electron chi connectivity index (χ1n) is 6.70. The van der Waals surface area contributed by atoms with Crippen molar-refractivity contribution >= 4 is 9.84 Å². The van der Waals surface area contributed by atoms with Gasteiger partial charge in [-0.15, -0.1) is 0 Å². The van der Waals surface area contributed by atoms with Crippen LogP contribution in [0.4, 0.5) is 0 Å². The van der Waals surface area contributed by atoms with E-state index >= 15 is 0 Å². The van der Waals surface area contributed by atoms with Crippen molar-refractivity contribution in [2.24, 2.45) is 23.0 Å². The van der Waals surface area contributed by atoms with E-state index in [0.717, 1.165) is 19.3 Å². The third-order valence-electron chi connectivity index (χ3n) is 4.22. The van der Waals surface area contributed by atoms with E-state index in [4.69, 9.17) is 5.73 Å². The predicted octanol–water partition coefficient (Wildman–Crippen LogP) is 2.21. The Morgan fingerprint density at radius 1 is 1.29 bits per heavy atom. The van der Waals surface area contributed by atoms with Gasteiger partial charge in [-0.25, -0.2) is 8.42 Å². The Labute approximate surface area is 106 Å². The van der Waals surface area contributed by atoms with Gasteiger partial charge in [0.15, 0.2) is 0 Å². The monoisotopic (exact) mass is 261 g/mol. The van der Waals surface area contributed by atoms with Crippen LogP contribution in [-0.4, -0.2) is 26.5 Å². The zero-order chi connectivity index (χ0) is 13.1. The Morgan fingerprint density at radius 3 is 2.47 bits per heavy atom. The van der Waals surface area contributed by atoms with Crippen LogP contribution in [0.3, 0.4) is 0 Å². The van der Waals surface area contributed by atoms with Gasteiger partial charge in [0.25, 0.3) is 0 Å². The quantitative estimate of drug-likeness (QED) is 0.825. The predicted molar refractivity (Wildman–Crippen MR) is 72.6 cm³/mol. The summed E-state index contributed by atoms with van der Waals surface area (Å²) in [5.41, 5.74) is 6.16. The van der Waals surface area contributed by atoms with Crippen molar-refractivity contribution in [3.63, 3.8) is 0 Å². The van der Waals surface area contributed by atoms with Gasteiger partial charge in [-0.2, -0.15) is 0 Å². The molecule has 1 saturated carbocycles. The standard InChI is InChI=1S/C13H27NO2S/c1-4-17(15,16)8-6-11-9-13(2,3)7-5-12(11)10-14/h11-12H,4-10,14H2,1-3H3. The molecule has 1 fully saturated rings. The molecule has 0 aromatic rings. The van der Waals surface area contributed by atoms with E-state index in [0.29, 0.717) is 29.5 Å². The van der Waals surface area contributed by atoms with E-state index in [-0.39, 0.29) is 5.75 Å². The van der Waals surface area contributed by atoms with Gasteiger partial charge in [0.05, 0.1) is 5.75 Å². The van der Waals surface area contributed by atoms with Crippen molar-refractivity contribution in [3.05, 3.63) is 0 Å². The first kappa shape index (κ1) is 15.0. The molecule has 2 atom stereocenters. The Morgan fingerprint density at radius 2 is 1.94 bits per heavy atom. The van der Waals surface area contributed by atoms with Gasteiger partial charge >= 0.3 is 0 Å². The fourth-order valence-corrected chi connectivity index (χ4v) is 3.86. The molecule has 0 aliphatic heterocycles. The second-order valence-corrected chi connectivity index (χ2v) is 8.66. The highest BCUT2D eigenvalue weighted by Gasteiger charge is 2.34. The summed E-state index contributed by atoms with van der Waals surface area (Å²) < 4.78 is 23.1. The average Bonchev–Trinajstić information content (AvgIpc) is 2.26. The fourth-order valence-electron chi connectivity index (χ4n) is 2.91. The zero-order valence-corrected chi connectivity index (χ0v) is 12.2. The second-order valence-electron chi connectivity index (χ2n) is 6.19. The zero-order valence-electron chi connectivity index (χ0n) is 11.4. The lowest BCUT2D eigenvalue weighted by molar-refractivity contribution is 0.119. The van der Waals surface area contributed by atoms with E-state index in [1.54, 1.807) is 6.92 Å². The normalized spacial score (nSPS) is 29.2. The van der Waals surface area contributed by atoms with Crippen LogP contribution in [0.15, 0.2) is 0 Å². The number of sulfone groups is 1. The highest BCUT2D eigenvalue weighted by molar-refractivity contribution is 7.91. The summed E-state index contributed by atoms with van der Waals surface area (Å²) in [6.07, 6.45) is 4.28. The van der Waals surface area contributed by atoms with Gasteiger partial charge in [-0.05, 0) is 49.5 Å². The van der Waals surface area contributed by atoms with Crippen molar-refractivity contribution in [2.45, 2.75) is 46.5 Å². The molecule has 0 saturated heterocycles. The second kappa shape index (κ2) is 5.70. The summed E-state index contributed by atoms with van der Waals surface area (Å²) in [6.45, 7) is 6.98. The molecular formula is C13H27NO2S. The summed E-state index contributed by atoms with van der Waals surface area (Å²) in [6, 6.07) is 0. The maximum absolute atomic E-state index is 11.6. The Kier molecular flexibility index (Phi) is 5.02. The third kappa shape index (κ3) is 4.59. The van der Waals surface area contributed by atoms with Crippen molar-refractivity contribution in [1.82, 2.24) is 0 Å². The summed E-state index contributed by atoms with van der Waals surface area (Å²) in [4.78, 5) is 0. The van der Waals surface area contributed by atoms with E-state index in [1.165, 1.54) is 6.42 Å². The lowest BCUT2D eigenvalue weighted by Crippen LogP contribution is -2.35. The minimum Gasteiger partial charge on any atom is -0.330 e. The summed E-state index contributed by atoms with van der Waals surface area (Å²) in [5, 5.41) is 0. The molecule has 4 heteroatoms. The van der Waals surface area contributed by atoms with Crippen LogP contribution in [-0.2, 0) is 9.84 Å². The minimum atomic E-state index is -2.83. The van der Waals surface area contributed by atoms with Crippen LogP contribution in [0.5, 0.6) is 0 Å². The molecule has 102 valence electrons. The summed E-state index contributed by atoms with van der Waals surface area (Å²) in [7, 11) is -2.83. The highest BCUT2D eigenvalue weighted by Crippen LogP contribution is 2.42. The molecule has 3 nitrogen and oxygen atoms in total. The van der Waals surface area contributed by atoms with Gasteiger partial charge in [0.1, 0.15) is 9.84 Å². The maximum atomic E-state index is 11.6. The number of hydrogen-bond donors (Lipinski definition) is 1. The molecular weight excluding hydrogens is 234 g/mol. The lowest BCUT2D eigenvalue weighted by Gasteiger charge is -2.40. The molecule has 2 N–H and O–H groups in total. The molecule has 1 aliphatic rings. The Balaban J connectivity index is 2.59. The van der Waals surface area contributed by atoms with Crippen LogP contribution in [0.1, 0.15) is 46.5 Å². The van der Waals surface area contributed by atoms with Crippen LogP contribution in [0, 0.1) is 17.3 Å². The molecule has 0 bridgehead atoms. The molecule has 1 rings (SSSR count). The largest absolute Gasteiger partial charge is 0.330 e. The number of rotatable bonds is 5. The number of hydrogen-bond acceptors (Lipinski definition) is 3. The summed E-state index contributed by atoms with van der Waals surface area (Å²) >= 11 is 0. The van der Waals surface area contributed by atoms with Crippen LogP contribution in [0.25, 0.3) is 0 Å². The molecule has 0 aromatic heterocycles. The van der Waals surface area contributed by atoms with Crippen molar-refractivity contribution in [1.29, 1.82) is 0 Å². The molecule has 0 aromatic carbocycles. The van der Waals surface area contributed by atoms with Crippen molar-refractivity contribution in [2.75, 3.05) is 18.1 Å². The molecule has 0 spiro atoms. The van der Waals surface area contributed by atoms with Crippen LogP contribution >= 0.6 is 0 Å². The van der Waals surface area contributed by atoms with Gasteiger partial charge in [-0.1, -0.05) is 20.8 Å². The first-order chi connectivity index (χ1) is 7.79. The smallest absolute Gasteiger partial charge is 0.150 e. The first-order valence-corrected chi connectivity index (χ1v) is 8.52. The molecule has 2 unspecified atom stereocenters. The van der Waals surface area contributed by atoms with E-state index in [9.17, 15) is 8.42 Å². The Hall–Kier alpha value is -0.0900. The molecule has 0 heterocycles. The molecule has 0 amide bonds. The maximum Gasteiger partial charge on any atom is 0.150 e. The van der Waals surface area contributed by atoms with E-state index in [1.807, 2.05) is 0 Å². The Bertz CT molecular complexity index is 335. The third-order valence-corrected chi connectivity index (χ3v) is 5.95. The van der Waals surface area contributed by atoms with Crippen LogP contribution in [0.2, 0.25) is 0 Å². The van der Waals surface area contributed by atoms with E-state index < -0.39 is 9.84 Å². The molecule has 0 radical (unpaired) electrons. The highest BCUT2D eigenvalue weighted by atomic mass is 32.2. The fraction of sp³-hybridized carbons (Fsp3) is 1.00. The van der Waals surface area contributed by atoms with Crippen LogP contribution < -0.4 is 5.73 Å². The topological polar surface area (TPSA) is 60.2 Å². The summed E-state index contributed by atoms with van der Waals surface area (Å²) in [5.74, 6) is 1.61. The van der Waals surface area contributed by atoms with Gasteiger partial charge in [0, 0.05) is 5.75 Å². The van der Waals surface area contributed by atoms with Gasteiger partial charge in [-0.3, -0.25) is 0 Å². The lowest BCUT2D eigenvalue weighted by atomic mass is 9.66. The molecule has 1 aliphatic carbocycles. The van der Waals surface area contributed by atoms with Gasteiger partial charge in [0.2, 0.25) is 0 Å².